The number of carbonyl (C=O) groups is 2. The largest absolute Gasteiger partial charge is 0.334 e. The molecular weight excluding hydrogens is 262 g/mol. The second-order valence-corrected chi connectivity index (χ2v) is 5.77. The molecule has 21 heavy (non-hydrogen) atoms. The van der Waals surface area contributed by atoms with E-state index in [9.17, 15) is 9.59 Å². The molecule has 2 aromatic carbocycles. The quantitative estimate of drug-likeness (QED) is 0.798. The van der Waals surface area contributed by atoms with Gasteiger partial charge in [0.2, 0.25) is 0 Å². The normalized spacial score (nSPS) is 11.1. The number of carbonyl (C=O) groups excluding carboxylic acids is 2. The fourth-order valence-electron chi connectivity index (χ4n) is 2.81. The SMILES string of the molecule is CC(C)N(C(=O)c1ccc2ccccc2c1C=O)C(C)C. The Bertz CT molecular complexity index is 666. The number of nitrogens with zero attached hydrogens (tertiary/aromatic N) is 1. The molecule has 0 spiro atoms. The minimum Gasteiger partial charge on any atom is -0.334 e. The van der Waals surface area contributed by atoms with E-state index in [-0.39, 0.29) is 18.0 Å². The Hall–Kier alpha value is -2.16. The lowest BCUT2D eigenvalue weighted by Gasteiger charge is -2.31. The fraction of sp³-hybridized carbons (Fsp3) is 0.333. The molecule has 0 fully saturated rings. The maximum absolute atomic E-state index is 12.8. The van der Waals surface area contributed by atoms with Crippen LogP contribution in [0.1, 0.15) is 48.4 Å². The number of hydrogen-bond acceptors (Lipinski definition) is 2. The molecule has 0 unspecified atom stereocenters. The Morgan fingerprint density at radius 2 is 1.62 bits per heavy atom. The second-order valence-electron chi connectivity index (χ2n) is 5.77. The van der Waals surface area contributed by atoms with Crippen LogP contribution < -0.4 is 0 Å². The van der Waals surface area contributed by atoms with E-state index in [4.69, 9.17) is 0 Å². The molecule has 0 atom stereocenters. The van der Waals surface area contributed by atoms with Crippen LogP contribution in [0.4, 0.5) is 0 Å². The van der Waals surface area contributed by atoms with Gasteiger partial charge in [-0.2, -0.15) is 0 Å². The summed E-state index contributed by atoms with van der Waals surface area (Å²) in [5.74, 6) is -0.0900. The predicted molar refractivity (Wildman–Crippen MR) is 85.8 cm³/mol. The molecule has 0 heterocycles. The van der Waals surface area contributed by atoms with E-state index in [1.165, 1.54) is 0 Å². The first-order chi connectivity index (χ1) is 9.97. The van der Waals surface area contributed by atoms with Crippen molar-refractivity contribution >= 4 is 23.0 Å². The summed E-state index contributed by atoms with van der Waals surface area (Å²) >= 11 is 0. The maximum atomic E-state index is 12.8. The van der Waals surface area contributed by atoms with Crippen molar-refractivity contribution in [2.45, 2.75) is 39.8 Å². The van der Waals surface area contributed by atoms with Crippen molar-refractivity contribution in [1.82, 2.24) is 4.90 Å². The molecule has 3 heteroatoms. The molecule has 0 radical (unpaired) electrons. The standard InChI is InChI=1S/C18H21NO2/c1-12(2)19(13(3)4)18(21)16-10-9-14-7-5-6-8-15(14)17(16)11-20/h5-13H,1-4H3. The van der Waals surface area contributed by atoms with E-state index in [1.54, 1.807) is 11.0 Å². The summed E-state index contributed by atoms with van der Waals surface area (Å²) in [6, 6.07) is 11.5. The first kappa shape index (κ1) is 15.2. The van der Waals surface area contributed by atoms with Crippen molar-refractivity contribution in [3.05, 3.63) is 47.5 Å². The highest BCUT2D eigenvalue weighted by Gasteiger charge is 2.24. The summed E-state index contributed by atoms with van der Waals surface area (Å²) in [6.45, 7) is 7.94. The van der Waals surface area contributed by atoms with E-state index in [2.05, 4.69) is 0 Å². The molecule has 1 amide bonds. The summed E-state index contributed by atoms with van der Waals surface area (Å²) < 4.78 is 0. The van der Waals surface area contributed by atoms with Crippen molar-refractivity contribution in [3.8, 4) is 0 Å². The molecule has 0 bridgehead atoms. The van der Waals surface area contributed by atoms with Crippen LogP contribution in [0, 0.1) is 0 Å². The summed E-state index contributed by atoms with van der Waals surface area (Å²) in [6.07, 6.45) is 0.786. The smallest absolute Gasteiger partial charge is 0.255 e. The van der Waals surface area contributed by atoms with Gasteiger partial charge in [0.1, 0.15) is 0 Å². The van der Waals surface area contributed by atoms with Gasteiger partial charge in [-0.1, -0.05) is 30.3 Å². The Labute approximate surface area is 125 Å². The summed E-state index contributed by atoms with van der Waals surface area (Å²) in [4.78, 5) is 26.2. The highest BCUT2D eigenvalue weighted by atomic mass is 16.2. The van der Waals surface area contributed by atoms with Crippen molar-refractivity contribution < 1.29 is 9.59 Å². The van der Waals surface area contributed by atoms with Gasteiger partial charge >= 0.3 is 0 Å². The van der Waals surface area contributed by atoms with Crippen molar-refractivity contribution in [3.63, 3.8) is 0 Å². The Kier molecular flexibility index (Phi) is 4.41. The third-order valence-corrected chi connectivity index (χ3v) is 3.67. The van der Waals surface area contributed by atoms with Crippen LogP contribution in [0.5, 0.6) is 0 Å². The third kappa shape index (κ3) is 2.82. The van der Waals surface area contributed by atoms with Crippen LogP contribution in [0.2, 0.25) is 0 Å². The molecule has 0 aromatic heterocycles. The fourth-order valence-corrected chi connectivity index (χ4v) is 2.81. The number of hydrogen-bond donors (Lipinski definition) is 0. The second kappa shape index (κ2) is 6.08. The lowest BCUT2D eigenvalue weighted by molar-refractivity contribution is 0.0641. The zero-order chi connectivity index (χ0) is 15.6. The van der Waals surface area contributed by atoms with Gasteiger partial charge in [0, 0.05) is 17.6 Å². The van der Waals surface area contributed by atoms with Crippen LogP contribution in [-0.2, 0) is 0 Å². The Balaban J connectivity index is 2.60. The summed E-state index contributed by atoms with van der Waals surface area (Å²) in [5.41, 5.74) is 0.954. The van der Waals surface area contributed by atoms with Crippen LogP contribution in [-0.4, -0.2) is 29.2 Å². The molecule has 0 saturated carbocycles. The van der Waals surface area contributed by atoms with Crippen LogP contribution in [0.25, 0.3) is 10.8 Å². The van der Waals surface area contributed by atoms with Gasteiger partial charge in [-0.05, 0) is 44.5 Å². The van der Waals surface area contributed by atoms with Gasteiger partial charge in [0.05, 0.1) is 5.56 Å². The topological polar surface area (TPSA) is 37.4 Å². The summed E-state index contributed by atoms with van der Waals surface area (Å²) in [5, 5.41) is 1.79. The van der Waals surface area contributed by atoms with Crippen molar-refractivity contribution in [2.75, 3.05) is 0 Å². The summed E-state index contributed by atoms with van der Waals surface area (Å²) in [7, 11) is 0. The van der Waals surface area contributed by atoms with Crippen molar-refractivity contribution in [1.29, 1.82) is 0 Å². The van der Waals surface area contributed by atoms with Gasteiger partial charge in [-0.25, -0.2) is 0 Å². The Morgan fingerprint density at radius 3 is 2.19 bits per heavy atom. The molecule has 2 rings (SSSR count). The van der Waals surface area contributed by atoms with Gasteiger partial charge < -0.3 is 4.90 Å². The number of rotatable bonds is 4. The van der Waals surface area contributed by atoms with E-state index < -0.39 is 0 Å². The molecule has 0 N–H and O–H groups in total. The van der Waals surface area contributed by atoms with Crippen LogP contribution >= 0.6 is 0 Å². The van der Waals surface area contributed by atoms with Crippen LogP contribution in [0.15, 0.2) is 36.4 Å². The van der Waals surface area contributed by atoms with Crippen LogP contribution in [0.3, 0.4) is 0 Å². The average molecular weight is 283 g/mol. The Morgan fingerprint density at radius 1 is 1.00 bits per heavy atom. The monoisotopic (exact) mass is 283 g/mol. The number of amides is 1. The molecule has 3 nitrogen and oxygen atoms in total. The number of aldehydes is 1. The molecular formula is C18H21NO2. The number of benzene rings is 2. The lowest BCUT2D eigenvalue weighted by atomic mass is 9.98. The highest BCUT2D eigenvalue weighted by molar-refractivity contribution is 6.09. The minimum atomic E-state index is -0.0900. The first-order valence-corrected chi connectivity index (χ1v) is 7.27. The van der Waals surface area contributed by atoms with Gasteiger partial charge in [-0.15, -0.1) is 0 Å². The molecule has 0 aliphatic carbocycles. The molecule has 0 aliphatic rings. The average Bonchev–Trinajstić information content (AvgIpc) is 2.45. The molecule has 2 aromatic rings. The third-order valence-electron chi connectivity index (χ3n) is 3.67. The van der Waals surface area contributed by atoms with Crippen molar-refractivity contribution in [2.24, 2.45) is 0 Å². The lowest BCUT2D eigenvalue weighted by Crippen LogP contribution is -2.42. The zero-order valence-electron chi connectivity index (χ0n) is 13.0. The maximum Gasteiger partial charge on any atom is 0.255 e. The minimum absolute atomic E-state index is 0.0865. The van der Waals surface area contributed by atoms with E-state index in [1.807, 2.05) is 58.0 Å². The predicted octanol–water partition coefficient (Wildman–Crippen LogP) is 3.91. The molecule has 0 aliphatic heterocycles. The number of fused-ring (bicyclic) bond motifs is 1. The van der Waals surface area contributed by atoms with E-state index >= 15 is 0 Å². The highest BCUT2D eigenvalue weighted by Crippen LogP contribution is 2.23. The van der Waals surface area contributed by atoms with Gasteiger partial charge in [-0.3, -0.25) is 9.59 Å². The van der Waals surface area contributed by atoms with Gasteiger partial charge in [0.15, 0.2) is 6.29 Å². The van der Waals surface area contributed by atoms with Gasteiger partial charge in [0.25, 0.3) is 5.91 Å². The van der Waals surface area contributed by atoms with E-state index in [0.29, 0.717) is 11.1 Å². The molecule has 110 valence electrons. The molecule has 0 saturated heterocycles. The zero-order valence-corrected chi connectivity index (χ0v) is 13.0. The van der Waals surface area contributed by atoms with E-state index in [0.717, 1.165) is 17.1 Å². The first-order valence-electron chi connectivity index (χ1n) is 7.27.